The van der Waals surface area contributed by atoms with Crippen LogP contribution in [0.25, 0.3) is 0 Å². The molecule has 18 heavy (non-hydrogen) atoms. The van der Waals surface area contributed by atoms with E-state index >= 15 is 0 Å². The number of nitrogens with zero attached hydrogens (tertiary/aromatic N) is 2. The summed E-state index contributed by atoms with van der Waals surface area (Å²) in [5.41, 5.74) is 0.979. The predicted molar refractivity (Wildman–Crippen MR) is 74.3 cm³/mol. The van der Waals surface area contributed by atoms with Crippen LogP contribution in [-0.2, 0) is 13.1 Å². The van der Waals surface area contributed by atoms with Crippen LogP contribution in [0.3, 0.4) is 0 Å². The van der Waals surface area contributed by atoms with Gasteiger partial charge in [-0.3, -0.25) is 4.90 Å². The van der Waals surface area contributed by atoms with Crippen molar-refractivity contribution < 1.29 is 4.52 Å². The van der Waals surface area contributed by atoms with Gasteiger partial charge in [0, 0.05) is 18.7 Å². The second-order valence-electron chi connectivity index (χ2n) is 4.90. The average Bonchev–Trinajstić information content (AvgIpc) is 2.81. The molecule has 0 aliphatic carbocycles. The van der Waals surface area contributed by atoms with E-state index in [-0.39, 0.29) is 0 Å². The summed E-state index contributed by atoms with van der Waals surface area (Å²) in [5, 5.41) is 7.14. The molecule has 1 aromatic rings. The molecular formula is C14H27N3O. The van der Waals surface area contributed by atoms with Gasteiger partial charge in [-0.1, -0.05) is 25.4 Å². The van der Waals surface area contributed by atoms with Gasteiger partial charge in [0.15, 0.2) is 5.76 Å². The number of rotatable bonds is 9. The Hall–Kier alpha value is -0.870. The van der Waals surface area contributed by atoms with E-state index in [1.807, 2.05) is 7.05 Å². The van der Waals surface area contributed by atoms with Crippen LogP contribution in [0.5, 0.6) is 0 Å². The highest BCUT2D eigenvalue weighted by Crippen LogP contribution is 2.13. The lowest BCUT2D eigenvalue weighted by Crippen LogP contribution is -2.32. The molecular weight excluding hydrogens is 226 g/mol. The van der Waals surface area contributed by atoms with Gasteiger partial charge in [0.25, 0.3) is 0 Å². The third kappa shape index (κ3) is 4.78. The fourth-order valence-corrected chi connectivity index (χ4v) is 1.97. The summed E-state index contributed by atoms with van der Waals surface area (Å²) in [4.78, 5) is 2.48. The van der Waals surface area contributed by atoms with Crippen molar-refractivity contribution in [3.8, 4) is 0 Å². The van der Waals surface area contributed by atoms with E-state index in [2.05, 4.69) is 42.2 Å². The number of hydrogen-bond acceptors (Lipinski definition) is 4. The molecule has 0 bridgehead atoms. The molecule has 0 saturated heterocycles. The molecule has 104 valence electrons. The molecule has 0 spiro atoms. The van der Waals surface area contributed by atoms with E-state index in [0.29, 0.717) is 6.04 Å². The summed E-state index contributed by atoms with van der Waals surface area (Å²) < 4.78 is 5.39. The van der Waals surface area contributed by atoms with Crippen LogP contribution in [0, 0.1) is 0 Å². The van der Waals surface area contributed by atoms with Crippen LogP contribution in [0.1, 0.15) is 51.5 Å². The first-order chi connectivity index (χ1) is 8.71. The summed E-state index contributed by atoms with van der Waals surface area (Å²) >= 11 is 0. The van der Waals surface area contributed by atoms with Crippen molar-refractivity contribution in [2.75, 3.05) is 13.6 Å². The molecule has 0 fully saturated rings. The molecule has 0 aliphatic heterocycles. The molecule has 0 amide bonds. The molecule has 1 aromatic heterocycles. The second kappa shape index (κ2) is 8.27. The number of aromatic nitrogens is 1. The summed E-state index contributed by atoms with van der Waals surface area (Å²) in [6.45, 7) is 9.51. The molecule has 1 N–H and O–H groups in total. The minimum absolute atomic E-state index is 0.592. The first-order valence-corrected chi connectivity index (χ1v) is 7.04. The van der Waals surface area contributed by atoms with Gasteiger partial charge in [-0.15, -0.1) is 0 Å². The zero-order valence-corrected chi connectivity index (χ0v) is 12.2. The van der Waals surface area contributed by atoms with E-state index in [0.717, 1.165) is 31.1 Å². The third-order valence-electron chi connectivity index (χ3n) is 3.34. The number of hydrogen-bond donors (Lipinski definition) is 1. The molecule has 1 unspecified atom stereocenters. The van der Waals surface area contributed by atoms with Crippen LogP contribution < -0.4 is 5.32 Å². The lowest BCUT2D eigenvalue weighted by molar-refractivity contribution is 0.171. The van der Waals surface area contributed by atoms with Crippen molar-refractivity contribution in [1.29, 1.82) is 0 Å². The normalized spacial score (nSPS) is 13.2. The van der Waals surface area contributed by atoms with Crippen molar-refractivity contribution in [3.05, 3.63) is 17.5 Å². The van der Waals surface area contributed by atoms with Crippen LogP contribution in [0.2, 0.25) is 0 Å². The Morgan fingerprint density at radius 1 is 1.44 bits per heavy atom. The molecule has 1 rings (SSSR count). The quantitative estimate of drug-likeness (QED) is 0.735. The standard InChI is InChI=1S/C14H27N3O/c1-5-7-8-17(12(3)6-2)11-14-9-13(10-15-4)16-18-14/h9,12,15H,5-8,10-11H2,1-4H3. The van der Waals surface area contributed by atoms with Gasteiger partial charge in [-0.2, -0.15) is 0 Å². The molecule has 4 nitrogen and oxygen atoms in total. The van der Waals surface area contributed by atoms with Gasteiger partial charge in [-0.25, -0.2) is 0 Å². The summed E-state index contributed by atoms with van der Waals surface area (Å²) in [7, 11) is 1.92. The first-order valence-electron chi connectivity index (χ1n) is 7.04. The maximum absolute atomic E-state index is 5.39. The fourth-order valence-electron chi connectivity index (χ4n) is 1.97. The third-order valence-corrected chi connectivity index (χ3v) is 3.34. The minimum Gasteiger partial charge on any atom is -0.360 e. The Bertz CT molecular complexity index is 325. The van der Waals surface area contributed by atoms with Crippen molar-refractivity contribution in [2.45, 2.75) is 59.2 Å². The second-order valence-corrected chi connectivity index (χ2v) is 4.90. The predicted octanol–water partition coefficient (Wildman–Crippen LogP) is 2.79. The van der Waals surface area contributed by atoms with Crippen molar-refractivity contribution in [3.63, 3.8) is 0 Å². The molecule has 0 saturated carbocycles. The highest BCUT2D eigenvalue weighted by atomic mass is 16.5. The van der Waals surface area contributed by atoms with E-state index in [9.17, 15) is 0 Å². The Kier molecular flexibility index (Phi) is 6.98. The van der Waals surface area contributed by atoms with Gasteiger partial charge in [-0.05, 0) is 33.4 Å². The summed E-state index contributed by atoms with van der Waals surface area (Å²) in [6.07, 6.45) is 3.64. The van der Waals surface area contributed by atoms with Crippen LogP contribution in [0.4, 0.5) is 0 Å². The zero-order chi connectivity index (χ0) is 13.4. The van der Waals surface area contributed by atoms with Gasteiger partial charge < -0.3 is 9.84 Å². The average molecular weight is 253 g/mol. The Morgan fingerprint density at radius 2 is 2.22 bits per heavy atom. The molecule has 1 heterocycles. The Labute approximate surface area is 111 Å². The van der Waals surface area contributed by atoms with Gasteiger partial charge >= 0.3 is 0 Å². The largest absolute Gasteiger partial charge is 0.360 e. The maximum atomic E-state index is 5.39. The van der Waals surface area contributed by atoms with E-state index in [1.165, 1.54) is 19.3 Å². The Morgan fingerprint density at radius 3 is 2.83 bits per heavy atom. The number of unbranched alkanes of at least 4 members (excludes halogenated alkanes) is 1. The SMILES string of the molecule is CCCCN(Cc1cc(CNC)no1)C(C)CC. The molecule has 0 aromatic carbocycles. The lowest BCUT2D eigenvalue weighted by atomic mass is 10.2. The molecule has 0 aliphatic rings. The maximum Gasteiger partial charge on any atom is 0.151 e. The first kappa shape index (κ1) is 15.2. The molecule has 0 radical (unpaired) electrons. The van der Waals surface area contributed by atoms with Crippen molar-refractivity contribution in [1.82, 2.24) is 15.4 Å². The van der Waals surface area contributed by atoms with Crippen molar-refractivity contribution >= 4 is 0 Å². The highest BCUT2D eigenvalue weighted by molar-refractivity contribution is 5.05. The lowest BCUT2D eigenvalue weighted by Gasteiger charge is -2.27. The minimum atomic E-state index is 0.592. The molecule has 1 atom stereocenters. The monoisotopic (exact) mass is 253 g/mol. The van der Waals surface area contributed by atoms with Gasteiger partial charge in [0.05, 0.1) is 12.2 Å². The summed E-state index contributed by atoms with van der Waals surface area (Å²) in [5.74, 6) is 0.969. The van der Waals surface area contributed by atoms with E-state index in [1.54, 1.807) is 0 Å². The van der Waals surface area contributed by atoms with Crippen LogP contribution >= 0.6 is 0 Å². The topological polar surface area (TPSA) is 41.3 Å². The van der Waals surface area contributed by atoms with Gasteiger partial charge in [0.2, 0.25) is 0 Å². The van der Waals surface area contributed by atoms with E-state index in [4.69, 9.17) is 4.52 Å². The Balaban J connectivity index is 2.57. The molecule has 4 heteroatoms. The van der Waals surface area contributed by atoms with Gasteiger partial charge in [0.1, 0.15) is 0 Å². The summed E-state index contributed by atoms with van der Waals surface area (Å²) in [6, 6.07) is 2.65. The fraction of sp³-hybridized carbons (Fsp3) is 0.786. The van der Waals surface area contributed by atoms with Crippen LogP contribution in [0.15, 0.2) is 10.6 Å². The van der Waals surface area contributed by atoms with E-state index < -0.39 is 0 Å². The van der Waals surface area contributed by atoms with Crippen molar-refractivity contribution in [2.24, 2.45) is 0 Å². The van der Waals surface area contributed by atoms with Crippen LogP contribution in [-0.4, -0.2) is 29.7 Å². The zero-order valence-electron chi connectivity index (χ0n) is 12.2. The number of nitrogens with one attached hydrogen (secondary N) is 1. The smallest absolute Gasteiger partial charge is 0.151 e. The highest BCUT2D eigenvalue weighted by Gasteiger charge is 2.14.